The first-order valence-electron chi connectivity index (χ1n) is 9.18. The van der Waals surface area contributed by atoms with Crippen molar-refractivity contribution in [2.24, 2.45) is 0 Å². The largest absolute Gasteiger partial charge is 0.492 e. The lowest BCUT2D eigenvalue weighted by atomic mass is 9.77. The molecule has 2 rings (SSSR count). The standard InChI is InChI=1S/C20H28BClFNO4/c1-18(2,3)26-17(25)24-12-14(10-13-8-9-15(23)11-16(13)22)21-27-19(4,5)20(6,7)28-21/h8-11H,12H2,1-7H3,(H,24,25). The first-order valence-corrected chi connectivity index (χ1v) is 9.56. The van der Waals surface area contributed by atoms with Crippen LogP contribution in [0.1, 0.15) is 54.0 Å². The maximum atomic E-state index is 13.4. The van der Waals surface area contributed by atoms with E-state index >= 15 is 0 Å². The number of amides is 1. The smallest absolute Gasteiger partial charge is 0.444 e. The predicted molar refractivity (Wildman–Crippen MR) is 110 cm³/mol. The van der Waals surface area contributed by atoms with Crippen LogP contribution in [-0.2, 0) is 14.0 Å². The molecular formula is C20H28BClFNO4. The highest BCUT2D eigenvalue weighted by atomic mass is 35.5. The van der Waals surface area contributed by atoms with Gasteiger partial charge in [-0.15, -0.1) is 0 Å². The maximum Gasteiger partial charge on any atom is 0.492 e. The molecule has 0 unspecified atom stereocenters. The van der Waals surface area contributed by atoms with Crippen molar-refractivity contribution >= 4 is 30.9 Å². The molecule has 0 spiro atoms. The van der Waals surface area contributed by atoms with Gasteiger partial charge in [0, 0.05) is 6.54 Å². The number of alkyl carbamates (subject to hydrolysis) is 1. The van der Waals surface area contributed by atoms with Crippen LogP contribution in [0.3, 0.4) is 0 Å². The van der Waals surface area contributed by atoms with Crippen molar-refractivity contribution in [1.82, 2.24) is 5.32 Å². The van der Waals surface area contributed by atoms with Crippen LogP contribution in [0.5, 0.6) is 0 Å². The topological polar surface area (TPSA) is 56.8 Å². The van der Waals surface area contributed by atoms with Crippen molar-refractivity contribution in [2.75, 3.05) is 6.54 Å². The molecule has 0 radical (unpaired) electrons. The summed E-state index contributed by atoms with van der Waals surface area (Å²) in [5.41, 5.74) is -0.472. The van der Waals surface area contributed by atoms with E-state index in [1.807, 2.05) is 27.7 Å². The zero-order valence-electron chi connectivity index (χ0n) is 17.5. The minimum atomic E-state index is -0.693. The Morgan fingerprint density at radius 2 is 1.82 bits per heavy atom. The minimum Gasteiger partial charge on any atom is -0.444 e. The van der Waals surface area contributed by atoms with Gasteiger partial charge in [0.15, 0.2) is 0 Å². The highest BCUT2D eigenvalue weighted by molar-refractivity contribution is 6.56. The van der Waals surface area contributed by atoms with Crippen LogP contribution in [0.2, 0.25) is 5.02 Å². The number of nitrogens with one attached hydrogen (secondary N) is 1. The van der Waals surface area contributed by atoms with Gasteiger partial charge in [0.05, 0.1) is 16.2 Å². The van der Waals surface area contributed by atoms with Crippen LogP contribution in [0.4, 0.5) is 9.18 Å². The van der Waals surface area contributed by atoms with E-state index in [-0.39, 0.29) is 11.6 Å². The molecule has 0 bridgehead atoms. The maximum absolute atomic E-state index is 13.4. The van der Waals surface area contributed by atoms with E-state index in [0.29, 0.717) is 11.0 Å². The Morgan fingerprint density at radius 3 is 2.32 bits per heavy atom. The Bertz CT molecular complexity index is 758. The van der Waals surface area contributed by atoms with Gasteiger partial charge in [0.25, 0.3) is 0 Å². The summed E-state index contributed by atoms with van der Waals surface area (Å²) in [6.07, 6.45) is 1.18. The molecule has 5 nitrogen and oxygen atoms in total. The molecule has 1 aromatic carbocycles. The Morgan fingerprint density at radius 1 is 1.25 bits per heavy atom. The summed E-state index contributed by atoms with van der Waals surface area (Å²) in [6.45, 7) is 13.3. The Balaban J connectivity index is 2.28. The summed E-state index contributed by atoms with van der Waals surface area (Å²) in [5.74, 6) is -0.425. The van der Waals surface area contributed by atoms with Gasteiger partial charge in [-0.05, 0) is 71.6 Å². The molecule has 1 N–H and O–H groups in total. The minimum absolute atomic E-state index is 0.124. The normalized spacial score (nSPS) is 18.9. The molecule has 1 amide bonds. The number of hydrogen-bond donors (Lipinski definition) is 1. The zero-order chi connectivity index (χ0) is 21.3. The highest BCUT2D eigenvalue weighted by Gasteiger charge is 2.52. The van der Waals surface area contributed by atoms with Gasteiger partial charge in [-0.2, -0.15) is 0 Å². The van der Waals surface area contributed by atoms with Crippen molar-refractivity contribution in [3.8, 4) is 0 Å². The summed E-state index contributed by atoms with van der Waals surface area (Å²) in [7, 11) is -0.693. The molecule has 154 valence electrons. The number of halogens is 2. The third-order valence-electron chi connectivity index (χ3n) is 4.70. The van der Waals surface area contributed by atoms with Crippen molar-refractivity contribution < 1.29 is 23.2 Å². The summed E-state index contributed by atoms with van der Waals surface area (Å²) in [5, 5.41) is 2.97. The first-order chi connectivity index (χ1) is 12.7. The Kier molecular flexibility index (Phi) is 6.53. The average Bonchev–Trinajstić information content (AvgIpc) is 2.71. The summed E-state index contributed by atoms with van der Waals surface area (Å²) in [4.78, 5) is 12.1. The SMILES string of the molecule is CC(C)(C)OC(=O)NCC(=Cc1ccc(F)cc1Cl)B1OC(C)(C)C(C)(C)O1. The molecule has 1 aliphatic rings. The lowest BCUT2D eigenvalue weighted by Gasteiger charge is -2.32. The van der Waals surface area contributed by atoms with Gasteiger partial charge < -0.3 is 19.4 Å². The number of hydrogen-bond acceptors (Lipinski definition) is 4. The highest BCUT2D eigenvalue weighted by Crippen LogP contribution is 2.39. The zero-order valence-corrected chi connectivity index (χ0v) is 18.2. The second-order valence-corrected chi connectivity index (χ2v) is 9.24. The first kappa shape index (κ1) is 22.7. The summed E-state index contributed by atoms with van der Waals surface area (Å²) < 4.78 is 30.9. The molecule has 1 aromatic rings. The van der Waals surface area contributed by atoms with E-state index in [0.717, 1.165) is 0 Å². The van der Waals surface area contributed by atoms with Crippen molar-refractivity contribution in [1.29, 1.82) is 0 Å². The average molecular weight is 412 g/mol. The van der Waals surface area contributed by atoms with Crippen LogP contribution >= 0.6 is 11.6 Å². The van der Waals surface area contributed by atoms with E-state index in [2.05, 4.69) is 5.32 Å². The molecule has 1 saturated heterocycles. The molecule has 8 heteroatoms. The predicted octanol–water partition coefficient (Wildman–Crippen LogP) is 5.02. The fourth-order valence-corrected chi connectivity index (χ4v) is 2.73. The van der Waals surface area contributed by atoms with Crippen molar-refractivity contribution in [3.63, 3.8) is 0 Å². The monoisotopic (exact) mass is 411 g/mol. The molecule has 1 heterocycles. The molecular weight excluding hydrogens is 383 g/mol. The van der Waals surface area contributed by atoms with E-state index in [1.165, 1.54) is 12.1 Å². The third kappa shape index (κ3) is 5.72. The number of benzene rings is 1. The quantitative estimate of drug-likeness (QED) is 0.707. The lowest BCUT2D eigenvalue weighted by Crippen LogP contribution is -2.41. The molecule has 28 heavy (non-hydrogen) atoms. The van der Waals surface area contributed by atoms with Gasteiger partial charge in [-0.25, -0.2) is 9.18 Å². The molecule has 0 aromatic heterocycles. The molecule has 0 atom stereocenters. The number of carbonyl (C=O) groups excluding carboxylic acids is 1. The second kappa shape index (κ2) is 8.05. The second-order valence-electron chi connectivity index (χ2n) is 8.83. The van der Waals surface area contributed by atoms with Gasteiger partial charge in [-0.1, -0.05) is 23.7 Å². The van der Waals surface area contributed by atoms with Crippen LogP contribution < -0.4 is 5.32 Å². The molecule has 1 aliphatic heterocycles. The number of carbonyl (C=O) groups is 1. The van der Waals surface area contributed by atoms with Crippen LogP contribution in [0.25, 0.3) is 6.08 Å². The van der Waals surface area contributed by atoms with E-state index in [4.69, 9.17) is 25.6 Å². The number of ether oxygens (including phenoxy) is 1. The van der Waals surface area contributed by atoms with E-state index < -0.39 is 35.8 Å². The van der Waals surface area contributed by atoms with Crippen molar-refractivity contribution in [2.45, 2.75) is 65.3 Å². The Labute approximate surface area is 171 Å². The van der Waals surface area contributed by atoms with E-state index in [1.54, 1.807) is 32.9 Å². The fourth-order valence-electron chi connectivity index (χ4n) is 2.50. The molecule has 0 aliphatic carbocycles. The fraction of sp³-hybridized carbons (Fsp3) is 0.550. The van der Waals surface area contributed by atoms with Crippen LogP contribution in [-0.4, -0.2) is 36.6 Å². The van der Waals surface area contributed by atoms with Gasteiger partial charge in [-0.3, -0.25) is 0 Å². The van der Waals surface area contributed by atoms with Gasteiger partial charge in [0.1, 0.15) is 11.4 Å². The van der Waals surface area contributed by atoms with Crippen molar-refractivity contribution in [3.05, 3.63) is 40.1 Å². The molecule has 1 fully saturated rings. The van der Waals surface area contributed by atoms with Crippen LogP contribution in [0, 0.1) is 5.82 Å². The summed E-state index contributed by atoms with van der Waals surface area (Å²) >= 11 is 6.16. The number of rotatable bonds is 4. The Hall–Kier alpha value is -1.57. The lowest BCUT2D eigenvalue weighted by molar-refractivity contribution is 0.00578. The van der Waals surface area contributed by atoms with E-state index in [9.17, 15) is 9.18 Å². The molecule has 0 saturated carbocycles. The van der Waals surface area contributed by atoms with Gasteiger partial charge >= 0.3 is 13.2 Å². The van der Waals surface area contributed by atoms with Gasteiger partial charge in [0.2, 0.25) is 0 Å². The van der Waals surface area contributed by atoms with Crippen LogP contribution in [0.15, 0.2) is 23.7 Å². The summed E-state index contributed by atoms with van der Waals surface area (Å²) in [6, 6.07) is 4.12. The third-order valence-corrected chi connectivity index (χ3v) is 5.02.